The maximum atomic E-state index is 11.6. The zero-order valence-electron chi connectivity index (χ0n) is 8.22. The molecule has 7 heteroatoms. The van der Waals surface area contributed by atoms with E-state index < -0.39 is 0 Å². The van der Waals surface area contributed by atoms with Crippen molar-refractivity contribution < 1.29 is 4.79 Å². The fourth-order valence-corrected chi connectivity index (χ4v) is 2.11. The first kappa shape index (κ1) is 10.8. The Morgan fingerprint density at radius 3 is 3.00 bits per heavy atom. The fraction of sp³-hybridized carbons (Fsp3) is 0.333. The van der Waals surface area contributed by atoms with Gasteiger partial charge >= 0.3 is 0 Å². The van der Waals surface area contributed by atoms with Crippen LogP contribution in [0.4, 0.5) is 11.8 Å². The van der Waals surface area contributed by atoms with Gasteiger partial charge in [0.05, 0.1) is 6.20 Å². The van der Waals surface area contributed by atoms with Gasteiger partial charge in [-0.1, -0.05) is 15.9 Å². The Morgan fingerprint density at radius 2 is 2.44 bits per heavy atom. The first-order chi connectivity index (χ1) is 7.61. The van der Waals surface area contributed by atoms with Gasteiger partial charge in [-0.05, 0) is 0 Å². The van der Waals surface area contributed by atoms with Gasteiger partial charge in [-0.15, -0.1) is 0 Å². The number of hydrogen-bond acceptors (Lipinski definition) is 5. The Kier molecular flexibility index (Phi) is 2.75. The van der Waals surface area contributed by atoms with Crippen molar-refractivity contribution in [3.8, 4) is 6.07 Å². The molecule has 0 saturated carbocycles. The Balaban J connectivity index is 2.44. The Hall–Kier alpha value is -1.68. The smallest absolute Gasteiger partial charge is 0.229 e. The first-order valence-corrected chi connectivity index (χ1v) is 5.50. The molecule has 0 aromatic carbocycles. The van der Waals surface area contributed by atoms with E-state index in [1.54, 1.807) is 0 Å². The number of halogens is 1. The maximum Gasteiger partial charge on any atom is 0.229 e. The number of alkyl halides is 1. The minimum atomic E-state index is -0.0727. The molecule has 1 aliphatic heterocycles. The largest absolute Gasteiger partial charge is 0.368 e. The summed E-state index contributed by atoms with van der Waals surface area (Å²) in [6.45, 7) is 0.490. The normalized spacial score (nSPS) is 19.9. The summed E-state index contributed by atoms with van der Waals surface area (Å²) in [7, 11) is 0. The third-order valence-electron chi connectivity index (χ3n) is 2.24. The summed E-state index contributed by atoms with van der Waals surface area (Å²) in [4.78, 5) is 20.8. The number of hydrogen-bond donors (Lipinski definition) is 1. The number of rotatable bonds is 1. The van der Waals surface area contributed by atoms with Gasteiger partial charge in [0, 0.05) is 17.8 Å². The number of amides is 1. The molecule has 16 heavy (non-hydrogen) atoms. The lowest BCUT2D eigenvalue weighted by Gasteiger charge is -2.15. The van der Waals surface area contributed by atoms with E-state index in [-0.39, 0.29) is 22.2 Å². The fourth-order valence-electron chi connectivity index (χ4n) is 1.54. The van der Waals surface area contributed by atoms with Crippen molar-refractivity contribution in [1.29, 1.82) is 5.26 Å². The van der Waals surface area contributed by atoms with Crippen molar-refractivity contribution in [2.75, 3.05) is 17.2 Å². The summed E-state index contributed by atoms with van der Waals surface area (Å²) in [6.07, 6.45) is 1.72. The van der Waals surface area contributed by atoms with Crippen LogP contribution in [0.5, 0.6) is 0 Å². The molecule has 1 aromatic rings. The molecular weight excluding hydrogens is 274 g/mol. The third-order valence-corrected chi connectivity index (χ3v) is 2.85. The second-order valence-corrected chi connectivity index (χ2v) is 4.68. The molecule has 1 fully saturated rings. The van der Waals surface area contributed by atoms with Crippen LogP contribution >= 0.6 is 15.9 Å². The molecule has 1 aliphatic rings. The molecular formula is C9H8BrN5O. The van der Waals surface area contributed by atoms with Crippen LogP contribution in [-0.2, 0) is 4.79 Å². The Labute approximate surface area is 100 Å². The first-order valence-electron chi connectivity index (χ1n) is 4.59. The molecule has 1 aromatic heterocycles. The molecule has 1 unspecified atom stereocenters. The number of nitrogens with zero attached hydrogens (tertiary/aromatic N) is 4. The molecule has 2 rings (SSSR count). The molecule has 0 bridgehead atoms. The van der Waals surface area contributed by atoms with Crippen LogP contribution in [0.15, 0.2) is 6.20 Å². The molecule has 6 nitrogen and oxygen atoms in total. The Morgan fingerprint density at radius 1 is 1.69 bits per heavy atom. The summed E-state index contributed by atoms with van der Waals surface area (Å²) in [6, 6.07) is 1.95. The van der Waals surface area contributed by atoms with Crippen molar-refractivity contribution in [1.82, 2.24) is 9.97 Å². The van der Waals surface area contributed by atoms with Gasteiger partial charge in [-0.3, -0.25) is 9.69 Å². The van der Waals surface area contributed by atoms with Crippen LogP contribution in [0, 0.1) is 11.3 Å². The Bertz CT molecular complexity index is 483. The van der Waals surface area contributed by atoms with Gasteiger partial charge in [0.1, 0.15) is 11.6 Å². The molecule has 0 aliphatic carbocycles. The number of nitrogen functional groups attached to an aromatic ring is 1. The predicted molar refractivity (Wildman–Crippen MR) is 60.8 cm³/mol. The van der Waals surface area contributed by atoms with Gasteiger partial charge in [0.2, 0.25) is 11.9 Å². The van der Waals surface area contributed by atoms with Crippen molar-refractivity contribution >= 4 is 33.6 Å². The predicted octanol–water partition coefficient (Wildman–Crippen LogP) is 0.431. The van der Waals surface area contributed by atoms with E-state index >= 15 is 0 Å². The third kappa shape index (κ3) is 1.84. The summed E-state index contributed by atoms with van der Waals surface area (Å²) >= 11 is 3.36. The maximum absolute atomic E-state index is 11.6. The van der Waals surface area contributed by atoms with Gasteiger partial charge < -0.3 is 5.73 Å². The summed E-state index contributed by atoms with van der Waals surface area (Å²) < 4.78 is 0. The molecule has 1 saturated heterocycles. The minimum Gasteiger partial charge on any atom is -0.368 e. The van der Waals surface area contributed by atoms with Crippen LogP contribution in [0.25, 0.3) is 0 Å². The number of aromatic nitrogens is 2. The highest BCUT2D eigenvalue weighted by Gasteiger charge is 2.31. The summed E-state index contributed by atoms with van der Waals surface area (Å²) in [5.74, 6) is 0.276. The number of anilines is 2. The highest BCUT2D eigenvalue weighted by Crippen LogP contribution is 2.26. The zero-order valence-corrected chi connectivity index (χ0v) is 9.81. The van der Waals surface area contributed by atoms with Crippen molar-refractivity contribution in [2.45, 2.75) is 11.2 Å². The molecule has 0 radical (unpaired) electrons. The van der Waals surface area contributed by atoms with E-state index in [0.29, 0.717) is 18.8 Å². The lowest BCUT2D eigenvalue weighted by atomic mass is 10.3. The highest BCUT2D eigenvalue weighted by atomic mass is 79.9. The molecule has 2 N–H and O–H groups in total. The second kappa shape index (κ2) is 4.06. The van der Waals surface area contributed by atoms with E-state index in [0.717, 1.165) is 0 Å². The number of nitriles is 1. The van der Waals surface area contributed by atoms with Gasteiger partial charge in [0.25, 0.3) is 0 Å². The average molecular weight is 282 g/mol. The molecule has 2 heterocycles. The summed E-state index contributed by atoms with van der Waals surface area (Å²) in [5, 5.41) is 8.90. The minimum absolute atomic E-state index is 0.0554. The van der Waals surface area contributed by atoms with Crippen molar-refractivity contribution in [2.24, 2.45) is 0 Å². The topological polar surface area (TPSA) is 95.9 Å². The van der Waals surface area contributed by atoms with Crippen LogP contribution in [0.2, 0.25) is 0 Å². The van der Waals surface area contributed by atoms with Gasteiger partial charge in [0.15, 0.2) is 5.82 Å². The van der Waals surface area contributed by atoms with E-state index in [2.05, 4.69) is 25.9 Å². The van der Waals surface area contributed by atoms with Crippen LogP contribution in [0.3, 0.4) is 0 Å². The summed E-state index contributed by atoms with van der Waals surface area (Å²) in [5.41, 5.74) is 5.70. The average Bonchev–Trinajstić information content (AvgIpc) is 2.57. The lowest BCUT2D eigenvalue weighted by Crippen LogP contribution is -2.27. The number of nitrogens with two attached hydrogens (primary N) is 1. The zero-order chi connectivity index (χ0) is 11.7. The van der Waals surface area contributed by atoms with Crippen molar-refractivity contribution in [3.63, 3.8) is 0 Å². The van der Waals surface area contributed by atoms with E-state index in [9.17, 15) is 4.79 Å². The standard InChI is InChI=1S/C9H8BrN5O/c10-6-1-7(16)15(4-6)8-5(2-11)3-13-9(12)14-8/h3,6H,1,4H2,(H2,12,13,14). The second-order valence-electron chi connectivity index (χ2n) is 3.38. The monoisotopic (exact) mass is 281 g/mol. The van der Waals surface area contributed by atoms with E-state index in [4.69, 9.17) is 11.0 Å². The van der Waals surface area contributed by atoms with Gasteiger partial charge in [-0.25, -0.2) is 4.98 Å². The van der Waals surface area contributed by atoms with E-state index in [1.807, 2.05) is 6.07 Å². The van der Waals surface area contributed by atoms with Crippen LogP contribution in [-0.4, -0.2) is 27.2 Å². The van der Waals surface area contributed by atoms with Crippen LogP contribution < -0.4 is 10.6 Å². The molecule has 1 atom stereocenters. The lowest BCUT2D eigenvalue weighted by molar-refractivity contribution is -0.117. The SMILES string of the molecule is N#Cc1cnc(N)nc1N1CC(Br)CC1=O. The van der Waals surface area contributed by atoms with Crippen LogP contribution in [0.1, 0.15) is 12.0 Å². The molecule has 1 amide bonds. The number of carbonyl (C=O) groups is 1. The quantitative estimate of drug-likeness (QED) is 0.753. The van der Waals surface area contributed by atoms with E-state index in [1.165, 1.54) is 11.1 Å². The molecule has 0 spiro atoms. The van der Waals surface area contributed by atoms with Crippen molar-refractivity contribution in [3.05, 3.63) is 11.8 Å². The van der Waals surface area contributed by atoms with Gasteiger partial charge in [-0.2, -0.15) is 10.2 Å². The number of carbonyl (C=O) groups excluding carboxylic acids is 1. The highest BCUT2D eigenvalue weighted by molar-refractivity contribution is 9.09. The molecule has 82 valence electrons.